The highest BCUT2D eigenvalue weighted by Gasteiger charge is 2.16. The number of aryl methyl sites for hydroxylation is 2. The van der Waals surface area contributed by atoms with Crippen LogP contribution in [-0.4, -0.2) is 20.5 Å². The molecular weight excluding hydrogens is 352 g/mol. The minimum absolute atomic E-state index is 0.153. The maximum atomic E-state index is 12.6. The molecule has 0 radical (unpaired) electrons. The minimum atomic E-state index is -3.33. The first-order valence-corrected chi connectivity index (χ1v) is 9.00. The van der Waals surface area contributed by atoms with E-state index < -0.39 is 9.84 Å². The molecule has 0 saturated heterocycles. The van der Waals surface area contributed by atoms with Crippen molar-refractivity contribution in [3.8, 4) is 0 Å². The summed E-state index contributed by atoms with van der Waals surface area (Å²) >= 11 is 3.43. The molecule has 0 spiro atoms. The van der Waals surface area contributed by atoms with E-state index in [4.69, 9.17) is 0 Å². The van der Waals surface area contributed by atoms with Gasteiger partial charge in [-0.25, -0.2) is 8.42 Å². The number of carbonyl (C=O) groups is 1. The minimum Gasteiger partial charge on any atom is -0.289 e. The first-order valence-electron chi connectivity index (χ1n) is 6.31. The fourth-order valence-electron chi connectivity index (χ4n) is 2.05. The van der Waals surface area contributed by atoms with Crippen LogP contribution in [0.15, 0.2) is 45.8 Å². The van der Waals surface area contributed by atoms with Crippen molar-refractivity contribution in [1.29, 1.82) is 0 Å². The van der Waals surface area contributed by atoms with Crippen LogP contribution in [0.25, 0.3) is 0 Å². The highest BCUT2D eigenvalue weighted by molar-refractivity contribution is 9.10. The molecule has 21 heavy (non-hydrogen) atoms. The van der Waals surface area contributed by atoms with E-state index in [0.29, 0.717) is 11.1 Å². The second-order valence-corrected chi connectivity index (χ2v) is 7.92. The molecule has 3 nitrogen and oxygen atoms in total. The van der Waals surface area contributed by atoms with Crippen LogP contribution in [-0.2, 0) is 9.84 Å². The van der Waals surface area contributed by atoms with Crippen molar-refractivity contribution in [3.63, 3.8) is 0 Å². The molecule has 0 saturated carbocycles. The number of benzene rings is 2. The summed E-state index contributed by atoms with van der Waals surface area (Å²) in [6.07, 6.45) is 1.13. The van der Waals surface area contributed by atoms with E-state index in [0.717, 1.165) is 21.9 Å². The van der Waals surface area contributed by atoms with Gasteiger partial charge in [-0.2, -0.15) is 0 Å². The van der Waals surface area contributed by atoms with Crippen LogP contribution in [0, 0.1) is 13.8 Å². The number of sulfone groups is 1. The van der Waals surface area contributed by atoms with Crippen molar-refractivity contribution in [3.05, 3.63) is 63.1 Å². The summed E-state index contributed by atoms with van der Waals surface area (Å²) in [7, 11) is -3.33. The molecule has 0 N–H and O–H groups in total. The lowest BCUT2D eigenvalue weighted by Gasteiger charge is -2.09. The van der Waals surface area contributed by atoms with Crippen molar-refractivity contribution in [2.75, 3.05) is 6.26 Å². The van der Waals surface area contributed by atoms with Crippen molar-refractivity contribution in [2.24, 2.45) is 0 Å². The van der Waals surface area contributed by atoms with Crippen molar-refractivity contribution < 1.29 is 13.2 Å². The monoisotopic (exact) mass is 366 g/mol. The topological polar surface area (TPSA) is 51.2 Å². The first-order chi connectivity index (χ1) is 9.70. The van der Waals surface area contributed by atoms with Crippen LogP contribution in [0.1, 0.15) is 27.0 Å². The van der Waals surface area contributed by atoms with Gasteiger partial charge in [0, 0.05) is 21.9 Å². The van der Waals surface area contributed by atoms with Crippen molar-refractivity contribution >= 4 is 31.6 Å². The van der Waals surface area contributed by atoms with Crippen LogP contribution in [0.3, 0.4) is 0 Å². The number of halogens is 1. The summed E-state index contributed by atoms with van der Waals surface area (Å²) in [5.74, 6) is -0.173. The molecule has 0 fully saturated rings. The third kappa shape index (κ3) is 3.41. The van der Waals surface area contributed by atoms with Gasteiger partial charge in [0.05, 0.1) is 4.90 Å². The molecular formula is C16H15BrO3S. The average Bonchev–Trinajstić information content (AvgIpc) is 2.41. The summed E-state index contributed by atoms with van der Waals surface area (Å²) in [5, 5.41) is 0. The molecule has 0 aromatic heterocycles. The molecule has 0 unspecified atom stereocenters. The van der Waals surface area contributed by atoms with E-state index in [2.05, 4.69) is 15.9 Å². The van der Waals surface area contributed by atoms with Crippen LogP contribution < -0.4 is 0 Å². The third-order valence-electron chi connectivity index (χ3n) is 3.27. The lowest BCUT2D eigenvalue weighted by molar-refractivity contribution is 0.103. The fourth-order valence-corrected chi connectivity index (χ4v) is 3.17. The molecule has 0 aliphatic rings. The Morgan fingerprint density at radius 3 is 2.33 bits per heavy atom. The van der Waals surface area contributed by atoms with Gasteiger partial charge in [0.25, 0.3) is 0 Å². The molecule has 5 heteroatoms. The highest BCUT2D eigenvalue weighted by Crippen LogP contribution is 2.24. The van der Waals surface area contributed by atoms with Crippen LogP contribution in [0.4, 0.5) is 0 Å². The molecule has 0 aliphatic carbocycles. The zero-order valence-corrected chi connectivity index (χ0v) is 14.4. The molecule has 2 aromatic carbocycles. The Labute approximate surface area is 133 Å². The Morgan fingerprint density at radius 1 is 1.05 bits per heavy atom. The van der Waals surface area contributed by atoms with Gasteiger partial charge in [0.15, 0.2) is 15.6 Å². The predicted octanol–water partition coefficient (Wildman–Crippen LogP) is 3.70. The molecule has 2 aromatic rings. The van der Waals surface area contributed by atoms with Gasteiger partial charge < -0.3 is 0 Å². The molecule has 0 heterocycles. The smallest absolute Gasteiger partial charge is 0.193 e. The maximum absolute atomic E-state index is 12.6. The molecule has 0 bridgehead atoms. The highest BCUT2D eigenvalue weighted by atomic mass is 79.9. The fraction of sp³-hybridized carbons (Fsp3) is 0.188. The van der Waals surface area contributed by atoms with E-state index >= 15 is 0 Å². The van der Waals surface area contributed by atoms with Gasteiger partial charge in [-0.05, 0) is 49.2 Å². The average molecular weight is 367 g/mol. The van der Waals surface area contributed by atoms with Gasteiger partial charge in [-0.3, -0.25) is 4.79 Å². The van der Waals surface area contributed by atoms with E-state index in [1.807, 2.05) is 26.0 Å². The lowest BCUT2D eigenvalue weighted by atomic mass is 9.97. The zero-order valence-electron chi connectivity index (χ0n) is 12.0. The lowest BCUT2D eigenvalue weighted by Crippen LogP contribution is -2.06. The molecule has 0 amide bonds. The van der Waals surface area contributed by atoms with E-state index in [-0.39, 0.29) is 10.7 Å². The van der Waals surface area contributed by atoms with Gasteiger partial charge in [-0.1, -0.05) is 28.1 Å². The van der Waals surface area contributed by atoms with Crippen molar-refractivity contribution in [1.82, 2.24) is 0 Å². The Morgan fingerprint density at radius 2 is 1.71 bits per heavy atom. The standard InChI is InChI=1S/C16H15BrO3S/c1-10-8-15(17)11(2)7-14(10)16(18)12-5-4-6-13(9-12)21(3,19)20/h4-9H,1-3H3. The molecule has 0 atom stereocenters. The van der Waals surface area contributed by atoms with E-state index in [1.165, 1.54) is 12.1 Å². The number of hydrogen-bond donors (Lipinski definition) is 0. The SMILES string of the molecule is Cc1cc(C(=O)c2cccc(S(C)(=O)=O)c2)c(C)cc1Br. The van der Waals surface area contributed by atoms with E-state index in [9.17, 15) is 13.2 Å². The Bertz CT molecular complexity index is 823. The Hall–Kier alpha value is -1.46. The van der Waals surface area contributed by atoms with Crippen molar-refractivity contribution in [2.45, 2.75) is 18.7 Å². The summed E-state index contributed by atoms with van der Waals surface area (Å²) in [6, 6.07) is 9.84. The van der Waals surface area contributed by atoms with Gasteiger partial charge in [0.1, 0.15) is 0 Å². The van der Waals surface area contributed by atoms with Gasteiger partial charge in [0.2, 0.25) is 0 Å². The van der Waals surface area contributed by atoms with Gasteiger partial charge >= 0.3 is 0 Å². The van der Waals surface area contributed by atoms with Crippen LogP contribution in [0.2, 0.25) is 0 Å². The first kappa shape index (κ1) is 15.9. The summed E-state index contributed by atoms with van der Waals surface area (Å²) in [5.41, 5.74) is 2.77. The molecule has 110 valence electrons. The zero-order chi connectivity index (χ0) is 15.8. The number of rotatable bonds is 3. The summed E-state index contributed by atoms with van der Waals surface area (Å²) in [4.78, 5) is 12.8. The summed E-state index contributed by atoms with van der Waals surface area (Å²) < 4.78 is 24.1. The number of ketones is 1. The van der Waals surface area contributed by atoms with Gasteiger partial charge in [-0.15, -0.1) is 0 Å². The predicted molar refractivity (Wildman–Crippen MR) is 86.6 cm³/mol. The quantitative estimate of drug-likeness (QED) is 0.778. The normalized spacial score (nSPS) is 11.4. The molecule has 0 aliphatic heterocycles. The Balaban J connectivity index is 2.53. The number of hydrogen-bond acceptors (Lipinski definition) is 3. The summed E-state index contributed by atoms with van der Waals surface area (Å²) in [6.45, 7) is 3.77. The third-order valence-corrected chi connectivity index (χ3v) is 5.24. The van der Waals surface area contributed by atoms with E-state index in [1.54, 1.807) is 12.1 Å². The number of carbonyl (C=O) groups excluding carboxylic acids is 1. The molecule has 2 rings (SSSR count). The second-order valence-electron chi connectivity index (χ2n) is 5.05. The van der Waals surface area contributed by atoms with Crippen LogP contribution in [0.5, 0.6) is 0 Å². The largest absolute Gasteiger partial charge is 0.289 e. The maximum Gasteiger partial charge on any atom is 0.193 e. The second kappa shape index (κ2) is 5.73. The Kier molecular flexibility index (Phi) is 4.35. The van der Waals surface area contributed by atoms with Crippen LogP contribution >= 0.6 is 15.9 Å².